The van der Waals surface area contributed by atoms with Gasteiger partial charge in [-0.25, -0.2) is 0 Å². The lowest BCUT2D eigenvalue weighted by atomic mass is 9.99. The summed E-state index contributed by atoms with van der Waals surface area (Å²) in [6, 6.07) is -4.23. The molecule has 4 rings (SSSR count). The summed E-state index contributed by atoms with van der Waals surface area (Å²) in [5.41, 5.74) is 6.21. The van der Waals surface area contributed by atoms with Gasteiger partial charge in [0.15, 0.2) is 25.2 Å². The first-order chi connectivity index (χ1) is 45.9. The number of carbonyl (C=O) groups excluding carboxylic acids is 6. The second-order valence-electron chi connectivity index (χ2n) is 22.4. The Morgan fingerprint density at radius 3 is 0.885 bits per heavy atom. The molecule has 0 spiro atoms. The molecule has 4 fully saturated rings. The fraction of sp³-hybridized carbons (Fsp3) is 0.891. The van der Waals surface area contributed by atoms with Gasteiger partial charge in [-0.3, -0.25) is 28.8 Å². The highest BCUT2D eigenvalue weighted by molar-refractivity contribution is 5.91. The number of nitrogens with one attached hydrogen (secondary N) is 6. The molecular formula is C55H99N7O34. The van der Waals surface area contributed by atoms with E-state index in [1.165, 1.54) is 0 Å². The predicted octanol–water partition coefficient (Wildman–Crippen LogP) is -14.6. The van der Waals surface area contributed by atoms with Crippen molar-refractivity contribution >= 4 is 35.4 Å². The van der Waals surface area contributed by atoms with Crippen molar-refractivity contribution in [2.75, 3.05) is 132 Å². The largest absolute Gasteiger partial charge is 0.394 e. The number of ether oxygens (including phenoxy) is 12. The topological polar surface area (TPSA) is 635 Å². The number of rotatable bonds is 46. The van der Waals surface area contributed by atoms with Gasteiger partial charge in [-0.2, -0.15) is 0 Å². The summed E-state index contributed by atoms with van der Waals surface area (Å²) in [6.07, 6.45) is -32.0. The van der Waals surface area contributed by atoms with E-state index >= 15 is 0 Å². The molecule has 96 heavy (non-hydrogen) atoms. The molecule has 0 bridgehead atoms. The molecular weight excluding hydrogens is 1300 g/mol. The maximum atomic E-state index is 13.5. The summed E-state index contributed by atoms with van der Waals surface area (Å²) < 4.78 is 64.3. The van der Waals surface area contributed by atoms with E-state index in [1.54, 1.807) is 0 Å². The van der Waals surface area contributed by atoms with Gasteiger partial charge < -0.3 is 176 Å². The third kappa shape index (κ3) is 28.0. The minimum atomic E-state index is -1.67. The summed E-state index contributed by atoms with van der Waals surface area (Å²) >= 11 is 0. The molecule has 0 saturated carbocycles. The Bertz CT molecular complexity index is 2240. The Morgan fingerprint density at radius 1 is 0.323 bits per heavy atom. The molecule has 6 amide bonds. The van der Waals surface area contributed by atoms with Crippen LogP contribution in [0, 0.1) is 0 Å². The lowest BCUT2D eigenvalue weighted by Gasteiger charge is -2.39. The smallest absolute Gasteiger partial charge is 0.242 e. The van der Waals surface area contributed by atoms with E-state index in [1.807, 2.05) is 0 Å². The van der Waals surface area contributed by atoms with Crippen LogP contribution in [0.25, 0.3) is 0 Å². The summed E-state index contributed by atoms with van der Waals surface area (Å²) in [6.45, 7) is -4.53. The normalized spacial score (nSPS) is 31.7. The Labute approximate surface area is 550 Å². The molecule has 0 aromatic carbocycles. The molecule has 41 nitrogen and oxygen atoms in total. The average molecular weight is 1400 g/mol. The third-order valence-corrected chi connectivity index (χ3v) is 15.3. The molecule has 4 aliphatic rings. The van der Waals surface area contributed by atoms with Crippen LogP contribution in [0.3, 0.4) is 0 Å². The minimum Gasteiger partial charge on any atom is -0.394 e. The van der Waals surface area contributed by atoms with Crippen LogP contribution >= 0.6 is 0 Å². The van der Waals surface area contributed by atoms with Gasteiger partial charge in [-0.15, -0.1) is 0 Å². The van der Waals surface area contributed by atoms with Crippen LogP contribution in [-0.2, 0) is 85.6 Å². The highest BCUT2D eigenvalue weighted by Gasteiger charge is 2.47. The monoisotopic (exact) mass is 1400 g/mol. The third-order valence-electron chi connectivity index (χ3n) is 15.3. The van der Waals surface area contributed by atoms with Crippen LogP contribution in [0.5, 0.6) is 0 Å². The van der Waals surface area contributed by atoms with Gasteiger partial charge in [-0.05, 0) is 19.3 Å². The zero-order valence-electron chi connectivity index (χ0n) is 52.7. The molecule has 41 heteroatoms. The van der Waals surface area contributed by atoms with E-state index in [9.17, 15) is 110 Å². The Kier molecular flexibility index (Phi) is 39.8. The van der Waals surface area contributed by atoms with Gasteiger partial charge in [-0.1, -0.05) is 0 Å². The first kappa shape index (κ1) is 84.1. The Balaban J connectivity index is 1.28. The molecule has 23 atom stereocenters. The average Bonchev–Trinajstić information content (AvgIpc) is 0.852. The number of aliphatic hydroxyl groups excluding tert-OH is 16. The number of amides is 6. The van der Waals surface area contributed by atoms with Crippen molar-refractivity contribution < 1.29 is 167 Å². The van der Waals surface area contributed by atoms with Crippen LogP contribution in [-0.4, -0.2) is 390 Å². The summed E-state index contributed by atoms with van der Waals surface area (Å²) in [5, 5.41) is 173. The van der Waals surface area contributed by atoms with Gasteiger partial charge in [0.05, 0.1) is 112 Å². The lowest BCUT2D eigenvalue weighted by molar-refractivity contribution is -0.302. The van der Waals surface area contributed by atoms with E-state index in [4.69, 9.17) is 62.6 Å². The van der Waals surface area contributed by atoms with Crippen LogP contribution < -0.4 is 37.6 Å². The van der Waals surface area contributed by atoms with Crippen LogP contribution in [0.4, 0.5) is 0 Å². The van der Waals surface area contributed by atoms with Crippen molar-refractivity contribution in [3.8, 4) is 0 Å². The molecule has 4 aliphatic heterocycles. The number of hydrogen-bond donors (Lipinski definition) is 23. The number of nitrogens with two attached hydrogens (primary N) is 1. The first-order valence-electron chi connectivity index (χ1n) is 31.3. The quantitative estimate of drug-likeness (QED) is 0.0252. The molecule has 0 aromatic heterocycles. The van der Waals surface area contributed by atoms with Crippen LogP contribution in [0.1, 0.15) is 38.5 Å². The molecule has 558 valence electrons. The second kappa shape index (κ2) is 45.4. The maximum absolute atomic E-state index is 13.5. The Morgan fingerprint density at radius 2 is 0.594 bits per heavy atom. The van der Waals surface area contributed by atoms with Crippen LogP contribution in [0.15, 0.2) is 0 Å². The lowest BCUT2D eigenvalue weighted by Crippen LogP contribution is -2.59. The van der Waals surface area contributed by atoms with E-state index in [-0.39, 0.29) is 138 Å². The van der Waals surface area contributed by atoms with Gasteiger partial charge in [0.1, 0.15) is 110 Å². The predicted molar refractivity (Wildman–Crippen MR) is 314 cm³/mol. The van der Waals surface area contributed by atoms with Crippen molar-refractivity contribution in [2.24, 2.45) is 5.73 Å². The summed E-state index contributed by atoms with van der Waals surface area (Å²) in [5.74, 6) is -4.44. The van der Waals surface area contributed by atoms with Crippen molar-refractivity contribution in [1.29, 1.82) is 0 Å². The second-order valence-corrected chi connectivity index (χ2v) is 22.4. The summed E-state index contributed by atoms with van der Waals surface area (Å²) in [7, 11) is 0. The Hall–Kier alpha value is -4.34. The van der Waals surface area contributed by atoms with Crippen molar-refractivity contribution in [1.82, 2.24) is 31.9 Å². The molecule has 0 radical (unpaired) electrons. The number of hydrogen-bond acceptors (Lipinski definition) is 35. The van der Waals surface area contributed by atoms with E-state index in [2.05, 4.69) is 31.9 Å². The van der Waals surface area contributed by atoms with Crippen molar-refractivity contribution in [3.63, 3.8) is 0 Å². The standard InChI is InChI=1S/C55H99N7O34/c56-27(49(82)62-29(51(84)60-10-14-88-18-22-92-55-48(81)44(77)40(73)33(26-66)96-55)3-6-35(68)58-8-12-86-16-20-90-53-46(79)42(75)38(71)31(24-64)94-53)1-4-36(69)61-28(50(83)59-9-13-87-17-21-91-54-47(80)43(76)39(72)32(25-65)95-54)2-5-34(67)57-7-11-85-15-19-89-52-45(78)41(74)37(70)30(23-63)93-52/h27-33,37-48,52-55,63-66,70-81H,1-26,56H2,(H,57,67)(H,58,68)(H,59,83)(H,60,84)(H,61,69)(H,62,82)/t27-,28-,29-,30+,31+,32+,33+,37-,38-,39-,40-,41-,42-,43-,44-,45+,46+,47+,48+,52+,53+,54+,55+/m0/s1. The highest BCUT2D eigenvalue weighted by atomic mass is 16.7. The van der Waals surface area contributed by atoms with Crippen molar-refractivity contribution in [2.45, 2.75) is 179 Å². The van der Waals surface area contributed by atoms with Gasteiger partial charge in [0.25, 0.3) is 0 Å². The van der Waals surface area contributed by atoms with E-state index in [0.717, 1.165) is 0 Å². The SMILES string of the molecule is N[C@@H](CCC(=O)N[C@@H](CCC(=O)NCCOCCO[C@@H]1O[C@H](CO)[C@H](O)[C@H](O)[C@H]1O)C(=O)NCCOCCO[C@@H]1O[C@H](CO)[C@H](O)[C@H](O)[C@H]1O)C(=O)N[C@@H](CCC(=O)NCCOCCO[C@@H]1O[C@H](CO)[C@H](O)[C@H](O)[C@H]1O)C(=O)NCCOCCO[C@@H]1O[C@H](CO)[C@H](O)[C@H](O)[C@H]1O. The number of carbonyl (C=O) groups is 6. The van der Waals surface area contributed by atoms with E-state index in [0.29, 0.717) is 0 Å². The molecule has 24 N–H and O–H groups in total. The van der Waals surface area contributed by atoms with E-state index < -0.39 is 209 Å². The maximum Gasteiger partial charge on any atom is 0.242 e. The van der Waals surface area contributed by atoms with Crippen molar-refractivity contribution in [3.05, 3.63) is 0 Å². The van der Waals surface area contributed by atoms with Gasteiger partial charge in [0, 0.05) is 45.4 Å². The van der Waals surface area contributed by atoms with Crippen LogP contribution in [0.2, 0.25) is 0 Å². The molecule has 4 heterocycles. The number of aliphatic hydroxyl groups is 16. The van der Waals surface area contributed by atoms with Gasteiger partial charge >= 0.3 is 0 Å². The zero-order chi connectivity index (χ0) is 70.9. The highest BCUT2D eigenvalue weighted by Crippen LogP contribution is 2.25. The fourth-order valence-electron chi connectivity index (χ4n) is 9.61. The minimum absolute atomic E-state index is 0.0335. The first-order valence-corrected chi connectivity index (χ1v) is 31.3. The molecule has 0 aliphatic carbocycles. The van der Waals surface area contributed by atoms with Gasteiger partial charge in [0.2, 0.25) is 35.4 Å². The molecule has 0 aromatic rings. The summed E-state index contributed by atoms with van der Waals surface area (Å²) in [4.78, 5) is 79.9. The fourth-order valence-corrected chi connectivity index (χ4v) is 9.61. The molecule has 4 saturated heterocycles. The zero-order valence-corrected chi connectivity index (χ0v) is 52.7. The molecule has 0 unspecified atom stereocenters.